The summed E-state index contributed by atoms with van der Waals surface area (Å²) in [4.78, 5) is 0. The molecule has 0 spiro atoms. The Morgan fingerprint density at radius 2 is 1.74 bits per heavy atom. The SMILES string of the molecule is CCNC(Cc1cc(C)cc(C)c1)CC1CCCC1. The van der Waals surface area contributed by atoms with Crippen LogP contribution in [-0.4, -0.2) is 12.6 Å². The molecule has 1 heteroatoms. The van der Waals surface area contributed by atoms with E-state index in [0.717, 1.165) is 12.5 Å². The van der Waals surface area contributed by atoms with Crippen LogP contribution in [-0.2, 0) is 6.42 Å². The largest absolute Gasteiger partial charge is 0.314 e. The van der Waals surface area contributed by atoms with Crippen molar-refractivity contribution in [1.29, 1.82) is 0 Å². The van der Waals surface area contributed by atoms with E-state index in [2.05, 4.69) is 44.3 Å². The lowest BCUT2D eigenvalue weighted by Crippen LogP contribution is -2.32. The molecule has 1 aromatic carbocycles. The van der Waals surface area contributed by atoms with E-state index in [1.807, 2.05) is 0 Å². The van der Waals surface area contributed by atoms with Gasteiger partial charge in [-0.15, -0.1) is 0 Å². The first kappa shape index (κ1) is 14.6. The van der Waals surface area contributed by atoms with Gasteiger partial charge in [0, 0.05) is 6.04 Å². The van der Waals surface area contributed by atoms with Crippen LogP contribution < -0.4 is 5.32 Å². The molecule has 1 atom stereocenters. The van der Waals surface area contributed by atoms with Crippen LogP contribution in [0, 0.1) is 19.8 Å². The zero-order chi connectivity index (χ0) is 13.7. The quantitative estimate of drug-likeness (QED) is 0.798. The van der Waals surface area contributed by atoms with Gasteiger partial charge in [0.2, 0.25) is 0 Å². The van der Waals surface area contributed by atoms with Crippen LogP contribution in [0.3, 0.4) is 0 Å². The third-order valence-electron chi connectivity index (χ3n) is 4.35. The second-order valence-electron chi connectivity index (χ2n) is 6.34. The van der Waals surface area contributed by atoms with Crippen LogP contribution in [0.25, 0.3) is 0 Å². The molecule has 0 aliphatic heterocycles. The van der Waals surface area contributed by atoms with Gasteiger partial charge in [-0.2, -0.15) is 0 Å². The summed E-state index contributed by atoms with van der Waals surface area (Å²) < 4.78 is 0. The predicted molar refractivity (Wildman–Crippen MR) is 83.7 cm³/mol. The van der Waals surface area contributed by atoms with Crippen LogP contribution in [0.4, 0.5) is 0 Å². The van der Waals surface area contributed by atoms with Gasteiger partial charge in [0.15, 0.2) is 0 Å². The van der Waals surface area contributed by atoms with Gasteiger partial charge in [0.1, 0.15) is 0 Å². The molecular weight excluding hydrogens is 230 g/mol. The molecule has 1 fully saturated rings. The van der Waals surface area contributed by atoms with Crippen LogP contribution in [0.15, 0.2) is 18.2 Å². The van der Waals surface area contributed by atoms with E-state index in [1.165, 1.54) is 55.2 Å². The first-order valence-corrected chi connectivity index (χ1v) is 7.98. The third kappa shape index (κ3) is 4.65. The maximum atomic E-state index is 3.70. The molecule has 1 saturated carbocycles. The Kier molecular flexibility index (Phi) is 5.45. The number of aryl methyl sites for hydroxylation is 2. The molecule has 1 unspecified atom stereocenters. The maximum Gasteiger partial charge on any atom is 0.0110 e. The van der Waals surface area contributed by atoms with Gasteiger partial charge in [0.25, 0.3) is 0 Å². The van der Waals surface area contributed by atoms with Crippen molar-refractivity contribution in [2.45, 2.75) is 65.3 Å². The molecule has 1 N–H and O–H groups in total. The van der Waals surface area contributed by atoms with Crippen molar-refractivity contribution in [2.75, 3.05) is 6.54 Å². The Morgan fingerprint density at radius 3 is 2.32 bits per heavy atom. The molecule has 2 rings (SSSR count). The minimum absolute atomic E-state index is 0.661. The van der Waals surface area contributed by atoms with Crippen molar-refractivity contribution in [3.05, 3.63) is 34.9 Å². The van der Waals surface area contributed by atoms with E-state index >= 15 is 0 Å². The minimum Gasteiger partial charge on any atom is -0.314 e. The average Bonchev–Trinajstić information content (AvgIpc) is 2.80. The van der Waals surface area contributed by atoms with Crippen LogP contribution >= 0.6 is 0 Å². The first-order chi connectivity index (χ1) is 9.17. The highest BCUT2D eigenvalue weighted by molar-refractivity contribution is 5.29. The second kappa shape index (κ2) is 7.09. The van der Waals surface area contributed by atoms with Gasteiger partial charge in [-0.1, -0.05) is 61.9 Å². The summed E-state index contributed by atoms with van der Waals surface area (Å²) in [6.07, 6.45) is 8.36. The molecule has 0 amide bonds. The second-order valence-corrected chi connectivity index (χ2v) is 6.34. The highest BCUT2D eigenvalue weighted by Crippen LogP contribution is 2.29. The van der Waals surface area contributed by atoms with Crippen molar-refractivity contribution < 1.29 is 0 Å². The molecule has 0 aromatic heterocycles. The smallest absolute Gasteiger partial charge is 0.0110 e. The minimum atomic E-state index is 0.661. The first-order valence-electron chi connectivity index (χ1n) is 7.98. The Labute approximate surface area is 118 Å². The van der Waals surface area contributed by atoms with Gasteiger partial charge in [0.05, 0.1) is 0 Å². The molecule has 0 heterocycles. The number of hydrogen-bond acceptors (Lipinski definition) is 1. The molecule has 0 radical (unpaired) electrons. The van der Waals surface area contributed by atoms with Gasteiger partial charge in [-0.3, -0.25) is 0 Å². The highest BCUT2D eigenvalue weighted by Gasteiger charge is 2.20. The van der Waals surface area contributed by atoms with Crippen molar-refractivity contribution in [1.82, 2.24) is 5.32 Å². The zero-order valence-corrected chi connectivity index (χ0v) is 12.8. The highest BCUT2D eigenvalue weighted by atomic mass is 14.9. The molecule has 1 aliphatic carbocycles. The lowest BCUT2D eigenvalue weighted by molar-refractivity contribution is 0.390. The maximum absolute atomic E-state index is 3.70. The molecule has 1 aliphatic rings. The number of hydrogen-bond donors (Lipinski definition) is 1. The lowest BCUT2D eigenvalue weighted by atomic mass is 9.93. The number of likely N-dealkylation sites (N-methyl/N-ethyl adjacent to an activating group) is 1. The fourth-order valence-corrected chi connectivity index (χ4v) is 3.65. The molecule has 0 saturated heterocycles. The fraction of sp³-hybridized carbons (Fsp3) is 0.667. The molecule has 0 bridgehead atoms. The number of benzene rings is 1. The summed E-state index contributed by atoms with van der Waals surface area (Å²) in [6, 6.07) is 7.63. The molecular formula is C18H29N. The Balaban J connectivity index is 1.98. The number of nitrogens with one attached hydrogen (secondary N) is 1. The van der Waals surface area contributed by atoms with Crippen LogP contribution in [0.1, 0.15) is 55.7 Å². The summed E-state index contributed by atoms with van der Waals surface area (Å²) in [5.74, 6) is 0.968. The Bertz CT molecular complexity index is 370. The zero-order valence-electron chi connectivity index (χ0n) is 12.8. The summed E-state index contributed by atoms with van der Waals surface area (Å²) in [5, 5.41) is 3.70. The van der Waals surface area contributed by atoms with E-state index in [9.17, 15) is 0 Å². The summed E-state index contributed by atoms with van der Waals surface area (Å²) in [7, 11) is 0. The van der Waals surface area contributed by atoms with Crippen molar-refractivity contribution in [3.63, 3.8) is 0 Å². The average molecular weight is 259 g/mol. The van der Waals surface area contributed by atoms with Crippen LogP contribution in [0.5, 0.6) is 0 Å². The van der Waals surface area contributed by atoms with E-state index in [1.54, 1.807) is 0 Å². The van der Waals surface area contributed by atoms with Gasteiger partial charge in [-0.05, 0) is 44.7 Å². The van der Waals surface area contributed by atoms with E-state index in [4.69, 9.17) is 0 Å². The normalized spacial score (nSPS) is 17.8. The van der Waals surface area contributed by atoms with Gasteiger partial charge >= 0.3 is 0 Å². The molecule has 19 heavy (non-hydrogen) atoms. The third-order valence-corrected chi connectivity index (χ3v) is 4.35. The van der Waals surface area contributed by atoms with Gasteiger partial charge in [-0.25, -0.2) is 0 Å². The molecule has 106 valence electrons. The monoisotopic (exact) mass is 259 g/mol. The summed E-state index contributed by atoms with van der Waals surface area (Å²) >= 11 is 0. The standard InChI is InChI=1S/C18H29N/c1-4-19-18(12-16-7-5-6-8-16)13-17-10-14(2)9-15(3)11-17/h9-11,16,18-19H,4-8,12-13H2,1-3H3. The topological polar surface area (TPSA) is 12.0 Å². The van der Waals surface area contributed by atoms with Crippen molar-refractivity contribution in [2.24, 2.45) is 5.92 Å². The fourth-order valence-electron chi connectivity index (χ4n) is 3.65. The van der Waals surface area contributed by atoms with Crippen molar-refractivity contribution >= 4 is 0 Å². The summed E-state index contributed by atoms with van der Waals surface area (Å²) in [6.45, 7) is 7.72. The number of rotatable bonds is 6. The van der Waals surface area contributed by atoms with Crippen LogP contribution in [0.2, 0.25) is 0 Å². The lowest BCUT2D eigenvalue weighted by Gasteiger charge is -2.22. The Morgan fingerprint density at radius 1 is 1.11 bits per heavy atom. The predicted octanol–water partition coefficient (Wildman–Crippen LogP) is 4.40. The van der Waals surface area contributed by atoms with E-state index < -0.39 is 0 Å². The van der Waals surface area contributed by atoms with Crippen molar-refractivity contribution in [3.8, 4) is 0 Å². The summed E-state index contributed by atoms with van der Waals surface area (Å²) in [5.41, 5.74) is 4.29. The van der Waals surface area contributed by atoms with E-state index in [0.29, 0.717) is 6.04 Å². The van der Waals surface area contributed by atoms with Gasteiger partial charge < -0.3 is 5.32 Å². The van der Waals surface area contributed by atoms with E-state index in [-0.39, 0.29) is 0 Å². The molecule has 1 nitrogen and oxygen atoms in total. The molecule has 1 aromatic rings. The Hall–Kier alpha value is -0.820.